The van der Waals surface area contributed by atoms with Gasteiger partial charge in [0.25, 0.3) is 0 Å². The Morgan fingerprint density at radius 2 is 1.97 bits per heavy atom. The van der Waals surface area contributed by atoms with Gasteiger partial charge in [-0.1, -0.05) is 48.5 Å². The van der Waals surface area contributed by atoms with Gasteiger partial charge in [0.2, 0.25) is 5.91 Å². The Kier molecular flexibility index (Phi) is 5.89. The molecular formula is C25H26N2O2. The minimum absolute atomic E-state index is 0.0340. The molecule has 4 rings (SSSR count). The third-order valence-electron chi connectivity index (χ3n) is 5.33. The molecule has 29 heavy (non-hydrogen) atoms. The maximum atomic E-state index is 12.2. The lowest BCUT2D eigenvalue weighted by atomic mass is 10.0. The molecule has 1 aliphatic rings. The Hall–Kier alpha value is -3.14. The molecule has 0 spiro atoms. The van der Waals surface area contributed by atoms with Crippen LogP contribution in [0.1, 0.15) is 29.5 Å². The lowest BCUT2D eigenvalue weighted by molar-refractivity contribution is -0.121. The molecule has 1 aliphatic heterocycles. The highest BCUT2D eigenvalue weighted by molar-refractivity contribution is 5.76. The van der Waals surface area contributed by atoms with Gasteiger partial charge in [0.15, 0.2) is 0 Å². The number of carbonyl (C=O) groups excluding carboxylic acids is 1. The number of hydrogen-bond acceptors (Lipinski definition) is 3. The average molecular weight is 386 g/mol. The van der Waals surface area contributed by atoms with Gasteiger partial charge in [0.1, 0.15) is 11.9 Å². The van der Waals surface area contributed by atoms with E-state index in [0.29, 0.717) is 13.0 Å². The maximum Gasteiger partial charge on any atom is 0.220 e. The first-order chi connectivity index (χ1) is 14.2. The molecule has 0 aliphatic carbocycles. The summed E-state index contributed by atoms with van der Waals surface area (Å²) in [5.41, 5.74) is 5.55. The molecule has 1 N–H and O–H groups in total. The molecule has 2 heterocycles. The molecule has 2 aromatic carbocycles. The van der Waals surface area contributed by atoms with Crippen LogP contribution < -0.4 is 10.1 Å². The van der Waals surface area contributed by atoms with Crippen LogP contribution in [0, 0.1) is 6.92 Å². The molecule has 0 radical (unpaired) electrons. The van der Waals surface area contributed by atoms with Crippen LogP contribution in [0.3, 0.4) is 0 Å². The number of para-hydroxylation sites is 1. The predicted molar refractivity (Wildman–Crippen MR) is 115 cm³/mol. The fourth-order valence-corrected chi connectivity index (χ4v) is 3.82. The molecule has 0 saturated carbocycles. The fraction of sp³-hybridized carbons (Fsp3) is 0.280. The van der Waals surface area contributed by atoms with E-state index in [-0.39, 0.29) is 12.0 Å². The Balaban J connectivity index is 1.30. The number of benzene rings is 2. The van der Waals surface area contributed by atoms with Gasteiger partial charge in [-0.25, -0.2) is 0 Å². The van der Waals surface area contributed by atoms with Crippen LogP contribution >= 0.6 is 0 Å². The van der Waals surface area contributed by atoms with E-state index >= 15 is 0 Å². The third-order valence-corrected chi connectivity index (χ3v) is 5.33. The zero-order valence-electron chi connectivity index (χ0n) is 16.7. The lowest BCUT2D eigenvalue weighted by Gasteiger charge is -2.14. The highest BCUT2D eigenvalue weighted by Crippen LogP contribution is 2.38. The van der Waals surface area contributed by atoms with E-state index in [0.717, 1.165) is 41.8 Å². The Morgan fingerprint density at radius 3 is 2.79 bits per heavy atom. The number of nitrogens with one attached hydrogen (secondary N) is 1. The van der Waals surface area contributed by atoms with Gasteiger partial charge in [-0.05, 0) is 48.6 Å². The number of amides is 1. The van der Waals surface area contributed by atoms with Gasteiger partial charge < -0.3 is 10.1 Å². The zero-order chi connectivity index (χ0) is 20.1. The van der Waals surface area contributed by atoms with Gasteiger partial charge in [-0.15, -0.1) is 0 Å². The molecule has 1 atom stereocenters. The molecule has 0 unspecified atom stereocenters. The van der Waals surface area contributed by atoms with Crippen molar-refractivity contribution < 1.29 is 9.53 Å². The van der Waals surface area contributed by atoms with Gasteiger partial charge >= 0.3 is 0 Å². The lowest BCUT2D eigenvalue weighted by Crippen LogP contribution is -2.34. The first-order valence-electron chi connectivity index (χ1n) is 10.2. The van der Waals surface area contributed by atoms with Crippen LogP contribution in [0.2, 0.25) is 0 Å². The van der Waals surface area contributed by atoms with Crippen molar-refractivity contribution in [3.05, 3.63) is 83.6 Å². The summed E-state index contributed by atoms with van der Waals surface area (Å²) in [4.78, 5) is 16.8. The summed E-state index contributed by atoms with van der Waals surface area (Å²) in [6.45, 7) is 2.59. The average Bonchev–Trinajstić information content (AvgIpc) is 3.17. The Labute approximate surface area is 172 Å². The van der Waals surface area contributed by atoms with Crippen LogP contribution in [0.4, 0.5) is 0 Å². The molecule has 0 saturated heterocycles. The molecule has 148 valence electrons. The minimum Gasteiger partial charge on any atom is -0.487 e. The molecule has 4 heteroatoms. The second-order valence-electron chi connectivity index (χ2n) is 7.55. The largest absolute Gasteiger partial charge is 0.487 e. The van der Waals surface area contributed by atoms with Crippen LogP contribution in [0.15, 0.2) is 66.9 Å². The molecular weight excluding hydrogens is 360 g/mol. The van der Waals surface area contributed by atoms with Gasteiger partial charge in [-0.2, -0.15) is 0 Å². The zero-order valence-corrected chi connectivity index (χ0v) is 16.7. The van der Waals surface area contributed by atoms with Gasteiger partial charge in [0.05, 0.1) is 12.2 Å². The summed E-state index contributed by atoms with van der Waals surface area (Å²) in [5.74, 6) is 0.985. The summed E-state index contributed by atoms with van der Waals surface area (Å²) < 4.78 is 6.22. The third kappa shape index (κ3) is 4.65. The maximum absolute atomic E-state index is 12.2. The number of aryl methyl sites for hydroxylation is 2. The fourth-order valence-electron chi connectivity index (χ4n) is 3.82. The normalized spacial score (nSPS) is 14.9. The number of nitrogens with zero attached hydrogens (tertiary/aromatic N) is 1. The number of pyridine rings is 1. The molecule has 1 amide bonds. The van der Waals surface area contributed by atoms with Crippen LogP contribution in [0.25, 0.3) is 11.3 Å². The Bertz CT molecular complexity index is 985. The van der Waals surface area contributed by atoms with Gasteiger partial charge in [-0.3, -0.25) is 9.78 Å². The minimum atomic E-state index is -0.0340. The van der Waals surface area contributed by atoms with Crippen molar-refractivity contribution >= 4 is 5.91 Å². The van der Waals surface area contributed by atoms with Crippen molar-refractivity contribution in [2.75, 3.05) is 6.54 Å². The summed E-state index contributed by atoms with van der Waals surface area (Å²) in [7, 11) is 0. The van der Waals surface area contributed by atoms with Crippen LogP contribution in [0.5, 0.6) is 5.75 Å². The highest BCUT2D eigenvalue weighted by atomic mass is 16.5. The highest BCUT2D eigenvalue weighted by Gasteiger charge is 2.26. The first-order valence-corrected chi connectivity index (χ1v) is 10.2. The number of ether oxygens (including phenoxy) is 1. The van der Waals surface area contributed by atoms with E-state index in [1.165, 1.54) is 11.1 Å². The molecule has 1 aromatic heterocycles. The number of hydrogen-bond donors (Lipinski definition) is 1. The van der Waals surface area contributed by atoms with E-state index in [1.807, 2.05) is 30.5 Å². The second-order valence-corrected chi connectivity index (χ2v) is 7.55. The van der Waals surface area contributed by atoms with E-state index in [1.54, 1.807) is 0 Å². The summed E-state index contributed by atoms with van der Waals surface area (Å²) in [6.07, 6.45) is 4.89. The summed E-state index contributed by atoms with van der Waals surface area (Å²) in [6, 6.07) is 20.5. The molecule has 4 nitrogen and oxygen atoms in total. The number of fused-ring (bicyclic) bond motifs is 1. The standard InChI is InChI=1S/C25H26N2O2/c1-18-8-7-15-26-24(18)22-13-6-12-20-16-21(29-25(20)22)17-27-23(28)14-5-11-19-9-3-2-4-10-19/h2-4,6-10,12-13,15,21H,5,11,14,16-17H2,1H3,(H,27,28)/t21-/m1/s1. The Morgan fingerprint density at radius 1 is 1.10 bits per heavy atom. The smallest absolute Gasteiger partial charge is 0.220 e. The first kappa shape index (κ1) is 19.2. The van der Waals surface area contributed by atoms with Crippen LogP contribution in [-0.2, 0) is 17.6 Å². The summed E-state index contributed by atoms with van der Waals surface area (Å²) in [5, 5.41) is 3.04. The summed E-state index contributed by atoms with van der Waals surface area (Å²) >= 11 is 0. The van der Waals surface area contributed by atoms with E-state index in [2.05, 4.69) is 53.6 Å². The van der Waals surface area contributed by atoms with Crippen molar-refractivity contribution in [3.63, 3.8) is 0 Å². The van der Waals surface area contributed by atoms with Crippen LogP contribution in [-0.4, -0.2) is 23.5 Å². The van der Waals surface area contributed by atoms with Crippen molar-refractivity contribution in [1.29, 1.82) is 0 Å². The van der Waals surface area contributed by atoms with Crippen molar-refractivity contribution in [2.24, 2.45) is 0 Å². The topological polar surface area (TPSA) is 51.2 Å². The van der Waals surface area contributed by atoms with E-state index < -0.39 is 0 Å². The van der Waals surface area contributed by atoms with E-state index in [9.17, 15) is 4.79 Å². The number of rotatable bonds is 7. The van der Waals surface area contributed by atoms with Crippen molar-refractivity contribution in [3.8, 4) is 17.0 Å². The quantitative estimate of drug-likeness (QED) is 0.650. The second kappa shape index (κ2) is 8.91. The van der Waals surface area contributed by atoms with Crippen molar-refractivity contribution in [2.45, 2.75) is 38.7 Å². The number of carbonyl (C=O) groups is 1. The number of aromatic nitrogens is 1. The SMILES string of the molecule is Cc1cccnc1-c1cccc2c1O[C@@H](CNC(=O)CCCc1ccccc1)C2. The van der Waals surface area contributed by atoms with E-state index in [4.69, 9.17) is 4.74 Å². The molecule has 0 fully saturated rings. The predicted octanol–water partition coefficient (Wildman–Crippen LogP) is 4.50. The van der Waals surface area contributed by atoms with Crippen molar-refractivity contribution in [1.82, 2.24) is 10.3 Å². The van der Waals surface area contributed by atoms with Gasteiger partial charge in [0, 0.05) is 24.6 Å². The monoisotopic (exact) mass is 386 g/mol. The molecule has 0 bridgehead atoms. The molecule has 3 aromatic rings.